The third-order valence-electron chi connectivity index (χ3n) is 4.92. The standard InChI is InChI=1S/C17H19F3N2O2/c1-11-13-6-3-2-5-12(13)8-10-21(11)15(23)14-7-4-9-22(14)16(24)17(18,19)20/h2-3,5-6,11,14H,4,7-10H2,1H3. The molecular weight excluding hydrogens is 321 g/mol. The Kier molecular flexibility index (Phi) is 4.27. The number of rotatable bonds is 1. The molecule has 0 spiro atoms. The highest BCUT2D eigenvalue weighted by atomic mass is 19.4. The topological polar surface area (TPSA) is 40.6 Å². The van der Waals surface area contributed by atoms with Crippen LogP contribution in [0.2, 0.25) is 0 Å². The summed E-state index contributed by atoms with van der Waals surface area (Å²) in [5.41, 5.74) is 2.17. The number of carbonyl (C=O) groups is 2. The molecular formula is C17H19F3N2O2. The molecule has 2 unspecified atom stereocenters. The third-order valence-corrected chi connectivity index (χ3v) is 4.92. The molecule has 2 heterocycles. The lowest BCUT2D eigenvalue weighted by Gasteiger charge is -2.38. The summed E-state index contributed by atoms with van der Waals surface area (Å²) in [6.07, 6.45) is -3.57. The molecule has 2 amide bonds. The number of fused-ring (bicyclic) bond motifs is 1. The first-order valence-corrected chi connectivity index (χ1v) is 8.07. The quantitative estimate of drug-likeness (QED) is 0.789. The van der Waals surface area contributed by atoms with Gasteiger partial charge < -0.3 is 9.80 Å². The highest BCUT2D eigenvalue weighted by molar-refractivity contribution is 5.90. The van der Waals surface area contributed by atoms with Gasteiger partial charge in [0, 0.05) is 13.1 Å². The largest absolute Gasteiger partial charge is 0.471 e. The van der Waals surface area contributed by atoms with Gasteiger partial charge in [-0.2, -0.15) is 13.2 Å². The van der Waals surface area contributed by atoms with E-state index in [4.69, 9.17) is 0 Å². The molecule has 2 atom stereocenters. The SMILES string of the molecule is CC1c2ccccc2CCN1C(=O)C1CCCN1C(=O)C(F)(F)F. The van der Waals surface area contributed by atoms with Gasteiger partial charge in [0.15, 0.2) is 0 Å². The minimum atomic E-state index is -4.94. The van der Waals surface area contributed by atoms with Crippen LogP contribution in [0.4, 0.5) is 13.2 Å². The summed E-state index contributed by atoms with van der Waals surface area (Å²) in [6.45, 7) is 2.32. The molecule has 0 radical (unpaired) electrons. The predicted molar refractivity (Wildman–Crippen MR) is 81.1 cm³/mol. The molecule has 0 N–H and O–H groups in total. The van der Waals surface area contributed by atoms with Crippen LogP contribution in [0.1, 0.15) is 36.9 Å². The third kappa shape index (κ3) is 2.87. The second-order valence-corrected chi connectivity index (χ2v) is 6.31. The molecule has 0 saturated carbocycles. The first-order valence-electron chi connectivity index (χ1n) is 8.07. The zero-order chi connectivity index (χ0) is 17.5. The van der Waals surface area contributed by atoms with Gasteiger partial charge in [0.2, 0.25) is 5.91 Å². The molecule has 2 aliphatic rings. The summed E-state index contributed by atoms with van der Waals surface area (Å²) in [4.78, 5) is 26.7. The van der Waals surface area contributed by atoms with Crippen LogP contribution in [-0.4, -0.2) is 46.9 Å². The van der Waals surface area contributed by atoms with Gasteiger partial charge in [0.25, 0.3) is 0 Å². The van der Waals surface area contributed by atoms with E-state index < -0.39 is 18.1 Å². The van der Waals surface area contributed by atoms with Crippen molar-refractivity contribution in [2.45, 2.75) is 44.4 Å². The molecule has 130 valence electrons. The first-order chi connectivity index (χ1) is 11.3. The molecule has 7 heteroatoms. The van der Waals surface area contributed by atoms with Crippen molar-refractivity contribution in [3.8, 4) is 0 Å². The maximum Gasteiger partial charge on any atom is 0.471 e. The minimum absolute atomic E-state index is 0.0203. The van der Waals surface area contributed by atoms with Crippen molar-refractivity contribution >= 4 is 11.8 Å². The molecule has 0 aromatic heterocycles. The van der Waals surface area contributed by atoms with Gasteiger partial charge in [-0.25, -0.2) is 0 Å². The van der Waals surface area contributed by atoms with E-state index in [2.05, 4.69) is 0 Å². The Hall–Kier alpha value is -2.05. The average Bonchev–Trinajstić information content (AvgIpc) is 3.02. The second-order valence-electron chi connectivity index (χ2n) is 6.31. The minimum Gasteiger partial charge on any atom is -0.334 e. The van der Waals surface area contributed by atoms with Gasteiger partial charge in [0.05, 0.1) is 6.04 Å². The second kappa shape index (κ2) is 6.11. The fourth-order valence-electron chi connectivity index (χ4n) is 3.69. The Labute approximate surface area is 138 Å². The van der Waals surface area contributed by atoms with Crippen LogP contribution in [-0.2, 0) is 16.0 Å². The van der Waals surface area contributed by atoms with Gasteiger partial charge in [0.1, 0.15) is 6.04 Å². The lowest BCUT2D eigenvalue weighted by atomic mass is 9.93. The van der Waals surface area contributed by atoms with Crippen LogP contribution < -0.4 is 0 Å². The average molecular weight is 340 g/mol. The molecule has 1 aromatic carbocycles. The van der Waals surface area contributed by atoms with Crippen LogP contribution >= 0.6 is 0 Å². The molecule has 2 aliphatic heterocycles. The van der Waals surface area contributed by atoms with E-state index in [1.807, 2.05) is 31.2 Å². The molecule has 4 nitrogen and oxygen atoms in total. The Bertz CT molecular complexity index is 659. The van der Waals surface area contributed by atoms with Crippen molar-refractivity contribution in [2.24, 2.45) is 0 Å². The Balaban J connectivity index is 1.80. The molecule has 1 fully saturated rings. The van der Waals surface area contributed by atoms with Crippen LogP contribution in [0.5, 0.6) is 0 Å². The first kappa shape index (κ1) is 16.8. The Morgan fingerprint density at radius 1 is 1.12 bits per heavy atom. The number of carbonyl (C=O) groups excluding carboxylic acids is 2. The fraction of sp³-hybridized carbons (Fsp3) is 0.529. The number of hydrogen-bond donors (Lipinski definition) is 0. The van der Waals surface area contributed by atoms with Crippen molar-refractivity contribution in [3.63, 3.8) is 0 Å². The summed E-state index contributed by atoms with van der Waals surface area (Å²) < 4.78 is 38.2. The van der Waals surface area contributed by atoms with Crippen LogP contribution in [0, 0.1) is 0 Å². The summed E-state index contributed by atoms with van der Waals surface area (Å²) in [5.74, 6) is -2.30. The lowest BCUT2D eigenvalue weighted by molar-refractivity contribution is -0.187. The smallest absolute Gasteiger partial charge is 0.334 e. The van der Waals surface area contributed by atoms with Gasteiger partial charge in [-0.05, 0) is 37.3 Å². The number of benzene rings is 1. The Morgan fingerprint density at radius 2 is 1.83 bits per heavy atom. The number of nitrogens with zero attached hydrogens (tertiary/aromatic N) is 2. The maximum atomic E-state index is 12.8. The van der Waals surface area contributed by atoms with Gasteiger partial charge in [-0.15, -0.1) is 0 Å². The summed E-state index contributed by atoms with van der Waals surface area (Å²) >= 11 is 0. The number of hydrogen-bond acceptors (Lipinski definition) is 2. The van der Waals surface area contributed by atoms with Crippen molar-refractivity contribution in [1.82, 2.24) is 9.80 Å². The van der Waals surface area contributed by atoms with Gasteiger partial charge in [-0.1, -0.05) is 24.3 Å². The summed E-state index contributed by atoms with van der Waals surface area (Å²) in [6, 6.07) is 6.55. The normalized spacial score (nSPS) is 24.0. The molecule has 1 aromatic rings. The number of alkyl halides is 3. The molecule has 0 aliphatic carbocycles. The predicted octanol–water partition coefficient (Wildman–Crippen LogP) is 2.69. The summed E-state index contributed by atoms with van der Waals surface area (Å²) in [5, 5.41) is 0. The highest BCUT2D eigenvalue weighted by Crippen LogP contribution is 2.33. The van der Waals surface area contributed by atoms with Crippen molar-refractivity contribution in [3.05, 3.63) is 35.4 Å². The van der Waals surface area contributed by atoms with Crippen LogP contribution in [0.15, 0.2) is 24.3 Å². The van der Waals surface area contributed by atoms with E-state index in [0.29, 0.717) is 24.3 Å². The van der Waals surface area contributed by atoms with E-state index in [-0.39, 0.29) is 24.9 Å². The molecule has 24 heavy (non-hydrogen) atoms. The number of halogens is 3. The molecule has 0 bridgehead atoms. The van der Waals surface area contributed by atoms with Gasteiger partial charge in [-0.3, -0.25) is 9.59 Å². The van der Waals surface area contributed by atoms with E-state index in [1.165, 1.54) is 0 Å². The van der Waals surface area contributed by atoms with Crippen LogP contribution in [0.3, 0.4) is 0 Å². The van der Waals surface area contributed by atoms with E-state index in [0.717, 1.165) is 11.1 Å². The lowest BCUT2D eigenvalue weighted by Crippen LogP contribution is -2.52. The van der Waals surface area contributed by atoms with Crippen LogP contribution in [0.25, 0.3) is 0 Å². The zero-order valence-corrected chi connectivity index (χ0v) is 13.3. The van der Waals surface area contributed by atoms with Gasteiger partial charge >= 0.3 is 12.1 Å². The van der Waals surface area contributed by atoms with E-state index in [9.17, 15) is 22.8 Å². The molecule has 1 saturated heterocycles. The van der Waals surface area contributed by atoms with Crippen molar-refractivity contribution in [2.75, 3.05) is 13.1 Å². The Morgan fingerprint density at radius 3 is 2.54 bits per heavy atom. The van der Waals surface area contributed by atoms with E-state index in [1.54, 1.807) is 4.90 Å². The van der Waals surface area contributed by atoms with Crippen molar-refractivity contribution in [1.29, 1.82) is 0 Å². The molecule has 3 rings (SSSR count). The monoisotopic (exact) mass is 340 g/mol. The maximum absolute atomic E-state index is 12.8. The number of amides is 2. The summed E-state index contributed by atoms with van der Waals surface area (Å²) in [7, 11) is 0. The van der Waals surface area contributed by atoms with Crippen molar-refractivity contribution < 1.29 is 22.8 Å². The highest BCUT2D eigenvalue weighted by Gasteiger charge is 2.48. The van der Waals surface area contributed by atoms with E-state index >= 15 is 0 Å². The fourth-order valence-corrected chi connectivity index (χ4v) is 3.69. The zero-order valence-electron chi connectivity index (χ0n) is 13.3. The number of likely N-dealkylation sites (tertiary alicyclic amines) is 1.